The van der Waals surface area contributed by atoms with E-state index in [0.717, 1.165) is 18.1 Å². The maximum absolute atomic E-state index is 4.26. The van der Waals surface area contributed by atoms with Gasteiger partial charge in [0.2, 0.25) is 0 Å². The summed E-state index contributed by atoms with van der Waals surface area (Å²) >= 11 is 1.90. The highest BCUT2D eigenvalue weighted by Gasteiger charge is 2.18. The number of aromatic nitrogens is 2. The summed E-state index contributed by atoms with van der Waals surface area (Å²) in [7, 11) is 0. The highest BCUT2D eigenvalue weighted by molar-refractivity contribution is 7.99. The first kappa shape index (κ1) is 7.18. The monoisotopic (exact) mass is 169 g/mol. The molecule has 60 valence electrons. The Hall–Kier alpha value is -0.480. The molecular formula is C7H11N3S. The molecule has 1 aliphatic rings. The average molecular weight is 169 g/mol. The van der Waals surface area contributed by atoms with Crippen molar-refractivity contribution in [2.75, 3.05) is 12.3 Å². The molecule has 11 heavy (non-hydrogen) atoms. The molecule has 0 aliphatic carbocycles. The molecule has 0 aromatic carbocycles. The van der Waals surface area contributed by atoms with Crippen LogP contribution in [0.3, 0.4) is 0 Å². The van der Waals surface area contributed by atoms with Crippen molar-refractivity contribution in [1.82, 2.24) is 15.3 Å². The van der Waals surface area contributed by atoms with Gasteiger partial charge in [0.15, 0.2) is 0 Å². The normalized spacial score (nSPS) is 24.3. The Kier molecular flexibility index (Phi) is 1.87. The molecule has 0 amide bonds. The number of rotatable bonds is 1. The molecule has 0 spiro atoms. The van der Waals surface area contributed by atoms with E-state index in [9.17, 15) is 0 Å². The van der Waals surface area contributed by atoms with Gasteiger partial charge in [0.05, 0.1) is 0 Å². The van der Waals surface area contributed by atoms with Gasteiger partial charge in [-0.2, -0.15) is 0 Å². The number of hydrogen-bond acceptors (Lipinski definition) is 3. The summed E-state index contributed by atoms with van der Waals surface area (Å²) in [5.74, 6) is 2.25. The summed E-state index contributed by atoms with van der Waals surface area (Å²) in [6, 6.07) is 0. The summed E-state index contributed by atoms with van der Waals surface area (Å²) in [4.78, 5) is 7.48. The SMILES string of the molecule is Cc1cnc(C2NCCS2)[nH]1. The van der Waals surface area contributed by atoms with E-state index in [4.69, 9.17) is 0 Å². The molecule has 4 heteroatoms. The summed E-state index contributed by atoms with van der Waals surface area (Å²) in [6.45, 7) is 3.12. The van der Waals surface area contributed by atoms with Crippen molar-refractivity contribution in [3.8, 4) is 0 Å². The highest BCUT2D eigenvalue weighted by atomic mass is 32.2. The van der Waals surface area contributed by atoms with Gasteiger partial charge in [-0.15, -0.1) is 11.8 Å². The van der Waals surface area contributed by atoms with Crippen molar-refractivity contribution in [2.45, 2.75) is 12.3 Å². The summed E-state index contributed by atoms with van der Waals surface area (Å²) in [5.41, 5.74) is 1.13. The minimum atomic E-state index is 0.392. The van der Waals surface area contributed by atoms with Crippen LogP contribution in [0.25, 0.3) is 0 Å². The molecule has 2 heterocycles. The van der Waals surface area contributed by atoms with Crippen molar-refractivity contribution in [3.63, 3.8) is 0 Å². The van der Waals surface area contributed by atoms with Crippen molar-refractivity contribution >= 4 is 11.8 Å². The Morgan fingerprint density at radius 2 is 2.64 bits per heavy atom. The molecule has 2 N–H and O–H groups in total. The van der Waals surface area contributed by atoms with Crippen molar-refractivity contribution in [3.05, 3.63) is 17.7 Å². The molecule has 0 saturated carbocycles. The molecule has 1 atom stereocenters. The van der Waals surface area contributed by atoms with E-state index in [1.165, 1.54) is 5.75 Å². The molecule has 0 bridgehead atoms. The fourth-order valence-electron chi connectivity index (χ4n) is 1.17. The zero-order chi connectivity index (χ0) is 7.68. The van der Waals surface area contributed by atoms with Gasteiger partial charge in [-0.1, -0.05) is 0 Å². The Morgan fingerprint density at radius 1 is 1.73 bits per heavy atom. The second kappa shape index (κ2) is 2.87. The first-order valence-corrected chi connectivity index (χ1v) is 4.77. The van der Waals surface area contributed by atoms with Crippen molar-refractivity contribution < 1.29 is 0 Å². The van der Waals surface area contributed by atoms with Gasteiger partial charge < -0.3 is 4.98 Å². The Bertz CT molecular complexity index is 240. The zero-order valence-corrected chi connectivity index (χ0v) is 7.24. The van der Waals surface area contributed by atoms with Gasteiger partial charge in [0.1, 0.15) is 11.2 Å². The van der Waals surface area contributed by atoms with E-state index < -0.39 is 0 Å². The molecule has 1 aromatic rings. The Morgan fingerprint density at radius 3 is 3.18 bits per heavy atom. The number of aromatic amines is 1. The molecule has 2 rings (SSSR count). The number of H-pyrrole nitrogens is 1. The van der Waals surface area contributed by atoms with Crippen LogP contribution in [0.15, 0.2) is 6.20 Å². The second-order valence-electron chi connectivity index (χ2n) is 2.66. The predicted molar refractivity (Wildman–Crippen MR) is 46.5 cm³/mol. The molecule has 1 fully saturated rings. The van der Waals surface area contributed by atoms with E-state index in [-0.39, 0.29) is 0 Å². The first-order valence-electron chi connectivity index (χ1n) is 3.73. The van der Waals surface area contributed by atoms with E-state index in [0.29, 0.717) is 5.37 Å². The van der Waals surface area contributed by atoms with Crippen LogP contribution in [0.4, 0.5) is 0 Å². The second-order valence-corrected chi connectivity index (χ2v) is 3.87. The number of nitrogens with one attached hydrogen (secondary N) is 2. The lowest BCUT2D eigenvalue weighted by molar-refractivity contribution is 0.717. The smallest absolute Gasteiger partial charge is 0.133 e. The van der Waals surface area contributed by atoms with Crippen molar-refractivity contribution in [1.29, 1.82) is 0 Å². The lowest BCUT2D eigenvalue weighted by atomic mass is 10.5. The van der Waals surface area contributed by atoms with Crippen LogP contribution in [-0.4, -0.2) is 22.3 Å². The number of nitrogens with zero attached hydrogens (tertiary/aromatic N) is 1. The summed E-state index contributed by atoms with van der Waals surface area (Å²) in [5, 5.41) is 3.75. The molecular weight excluding hydrogens is 158 g/mol. The number of thioether (sulfide) groups is 1. The zero-order valence-electron chi connectivity index (χ0n) is 6.42. The Balaban J connectivity index is 2.15. The fourth-order valence-corrected chi connectivity index (χ4v) is 2.15. The maximum Gasteiger partial charge on any atom is 0.133 e. The van der Waals surface area contributed by atoms with Gasteiger partial charge in [0, 0.05) is 24.2 Å². The molecule has 1 unspecified atom stereocenters. The van der Waals surface area contributed by atoms with Gasteiger partial charge in [-0.05, 0) is 6.92 Å². The largest absolute Gasteiger partial charge is 0.344 e. The third-order valence-electron chi connectivity index (χ3n) is 1.69. The van der Waals surface area contributed by atoms with Crippen LogP contribution in [0.2, 0.25) is 0 Å². The van der Waals surface area contributed by atoms with Crippen molar-refractivity contribution in [2.24, 2.45) is 0 Å². The predicted octanol–water partition coefficient (Wildman–Crippen LogP) is 1.05. The van der Waals surface area contributed by atoms with Gasteiger partial charge >= 0.3 is 0 Å². The lowest BCUT2D eigenvalue weighted by Gasteiger charge is -2.03. The van der Waals surface area contributed by atoms with Crippen LogP contribution >= 0.6 is 11.8 Å². The number of hydrogen-bond donors (Lipinski definition) is 2. The van der Waals surface area contributed by atoms with Crippen LogP contribution < -0.4 is 5.32 Å². The standard InChI is InChI=1S/C7H11N3S/c1-5-4-9-6(10-5)7-8-2-3-11-7/h4,7-8H,2-3H2,1H3,(H,9,10). The van der Waals surface area contributed by atoms with E-state index in [2.05, 4.69) is 15.3 Å². The Labute approximate surface area is 70.0 Å². The molecule has 1 saturated heterocycles. The van der Waals surface area contributed by atoms with E-state index in [1.807, 2.05) is 24.9 Å². The molecule has 1 aromatic heterocycles. The van der Waals surface area contributed by atoms with Crippen LogP contribution in [0.5, 0.6) is 0 Å². The lowest BCUT2D eigenvalue weighted by Crippen LogP contribution is -2.13. The van der Waals surface area contributed by atoms with E-state index in [1.54, 1.807) is 0 Å². The van der Waals surface area contributed by atoms with E-state index >= 15 is 0 Å². The minimum absolute atomic E-state index is 0.392. The number of aryl methyl sites for hydroxylation is 1. The molecule has 0 radical (unpaired) electrons. The van der Waals surface area contributed by atoms with Crippen LogP contribution in [-0.2, 0) is 0 Å². The summed E-state index contributed by atoms with van der Waals surface area (Å²) < 4.78 is 0. The quantitative estimate of drug-likeness (QED) is 0.660. The molecule has 3 nitrogen and oxygen atoms in total. The highest BCUT2D eigenvalue weighted by Crippen LogP contribution is 2.27. The average Bonchev–Trinajstić information content (AvgIpc) is 2.55. The minimum Gasteiger partial charge on any atom is -0.344 e. The molecule has 1 aliphatic heterocycles. The van der Waals surface area contributed by atoms with Crippen LogP contribution in [0.1, 0.15) is 16.9 Å². The van der Waals surface area contributed by atoms with Gasteiger partial charge in [-0.25, -0.2) is 4.98 Å². The van der Waals surface area contributed by atoms with Crippen LogP contribution in [0, 0.1) is 6.92 Å². The third kappa shape index (κ3) is 1.41. The number of imidazole rings is 1. The van der Waals surface area contributed by atoms with Gasteiger partial charge in [-0.3, -0.25) is 5.32 Å². The van der Waals surface area contributed by atoms with Gasteiger partial charge in [0.25, 0.3) is 0 Å². The third-order valence-corrected chi connectivity index (χ3v) is 2.85. The maximum atomic E-state index is 4.26. The first-order chi connectivity index (χ1) is 5.36. The summed E-state index contributed by atoms with van der Waals surface area (Å²) in [6.07, 6.45) is 1.87. The topological polar surface area (TPSA) is 40.7 Å². The fraction of sp³-hybridized carbons (Fsp3) is 0.571.